The van der Waals surface area contributed by atoms with Gasteiger partial charge in [0.15, 0.2) is 0 Å². The number of carboxylic acids is 1. The van der Waals surface area contributed by atoms with Crippen LogP contribution in [0.15, 0.2) is 53.1 Å². The molecule has 0 saturated heterocycles. The summed E-state index contributed by atoms with van der Waals surface area (Å²) in [5.41, 5.74) is 2.93. The Hall–Kier alpha value is -2.31. The third-order valence-corrected chi connectivity index (χ3v) is 4.91. The molecule has 1 heterocycles. The second-order valence-corrected chi connectivity index (χ2v) is 7.35. The van der Waals surface area contributed by atoms with Crippen molar-refractivity contribution in [3.8, 4) is 5.75 Å². The van der Waals surface area contributed by atoms with E-state index in [4.69, 9.17) is 4.74 Å². The van der Waals surface area contributed by atoms with Gasteiger partial charge in [-0.2, -0.15) is 0 Å². The minimum atomic E-state index is -0.869. The summed E-state index contributed by atoms with van der Waals surface area (Å²) in [6, 6.07) is 13.0. The molecule has 0 amide bonds. The molecule has 0 saturated carbocycles. The van der Waals surface area contributed by atoms with Crippen LogP contribution in [0.1, 0.15) is 24.5 Å². The highest BCUT2D eigenvalue weighted by Gasteiger charge is 2.20. The smallest absolute Gasteiger partial charge is 0.321 e. The van der Waals surface area contributed by atoms with Crippen molar-refractivity contribution >= 4 is 32.8 Å². The number of halogens is 1. The summed E-state index contributed by atoms with van der Waals surface area (Å²) in [5, 5.41) is 13.9. The number of H-pyrrole nitrogens is 1. The number of aromatic nitrogens is 1. The minimum Gasteiger partial charge on any atom is -0.493 e. The Morgan fingerprint density at radius 2 is 2.07 bits per heavy atom. The molecule has 0 aliphatic heterocycles. The van der Waals surface area contributed by atoms with Crippen LogP contribution in [-0.2, 0) is 17.8 Å². The van der Waals surface area contributed by atoms with Crippen LogP contribution < -0.4 is 10.1 Å². The lowest BCUT2D eigenvalue weighted by Crippen LogP contribution is -2.38. The van der Waals surface area contributed by atoms with Gasteiger partial charge in [0.2, 0.25) is 0 Å². The Morgan fingerprint density at radius 1 is 1.26 bits per heavy atom. The van der Waals surface area contributed by atoms with Crippen molar-refractivity contribution in [3.05, 3.63) is 64.3 Å². The number of carboxylic acid groups (broad SMARTS) is 1. The standard InChI is InChI=1S/C21H23BrN2O3/c1-2-9-27-20-8-7-16(22)10-15(20)13-24-19(21(25)26)11-14-12-23-18-6-4-3-5-17(14)18/h3-8,10,12,19,23-24H,2,9,11,13H2,1H3,(H,25,26). The summed E-state index contributed by atoms with van der Waals surface area (Å²) in [6.07, 6.45) is 3.21. The Morgan fingerprint density at radius 3 is 2.85 bits per heavy atom. The number of aliphatic carboxylic acids is 1. The zero-order chi connectivity index (χ0) is 19.2. The number of hydrogen-bond donors (Lipinski definition) is 3. The number of carbonyl (C=O) groups is 1. The monoisotopic (exact) mass is 430 g/mol. The van der Waals surface area contributed by atoms with E-state index < -0.39 is 12.0 Å². The third kappa shape index (κ3) is 4.90. The first-order chi connectivity index (χ1) is 13.1. The quantitative estimate of drug-likeness (QED) is 0.466. The van der Waals surface area contributed by atoms with Gasteiger partial charge in [0, 0.05) is 40.1 Å². The van der Waals surface area contributed by atoms with E-state index in [0.29, 0.717) is 19.6 Å². The first kappa shape index (κ1) is 19.5. The summed E-state index contributed by atoms with van der Waals surface area (Å²) in [7, 11) is 0. The molecule has 0 aliphatic carbocycles. The molecule has 1 unspecified atom stereocenters. The molecule has 0 spiro atoms. The van der Waals surface area contributed by atoms with Gasteiger partial charge in [-0.15, -0.1) is 0 Å². The van der Waals surface area contributed by atoms with Gasteiger partial charge in [-0.25, -0.2) is 0 Å². The summed E-state index contributed by atoms with van der Waals surface area (Å²) >= 11 is 3.47. The van der Waals surface area contributed by atoms with Crippen molar-refractivity contribution in [2.75, 3.05) is 6.61 Å². The number of para-hydroxylation sites is 1. The van der Waals surface area contributed by atoms with Crippen LogP contribution in [0.4, 0.5) is 0 Å². The minimum absolute atomic E-state index is 0.401. The summed E-state index contributed by atoms with van der Waals surface area (Å²) in [6.45, 7) is 3.10. The average molecular weight is 431 g/mol. The maximum atomic E-state index is 11.8. The fraction of sp³-hybridized carbons (Fsp3) is 0.286. The molecule has 6 heteroatoms. The fourth-order valence-corrected chi connectivity index (χ4v) is 3.45. The summed E-state index contributed by atoms with van der Waals surface area (Å²) in [4.78, 5) is 15.0. The predicted octanol–water partition coefficient (Wildman–Crippen LogP) is 4.50. The van der Waals surface area contributed by atoms with Gasteiger partial charge in [0.05, 0.1) is 6.61 Å². The van der Waals surface area contributed by atoms with E-state index in [-0.39, 0.29) is 0 Å². The van der Waals surface area contributed by atoms with Crippen molar-refractivity contribution < 1.29 is 14.6 Å². The van der Waals surface area contributed by atoms with Crippen LogP contribution in [0.5, 0.6) is 5.75 Å². The van der Waals surface area contributed by atoms with Crippen LogP contribution in [0.25, 0.3) is 10.9 Å². The fourth-order valence-electron chi connectivity index (χ4n) is 3.04. The predicted molar refractivity (Wildman–Crippen MR) is 110 cm³/mol. The first-order valence-corrected chi connectivity index (χ1v) is 9.80. The van der Waals surface area contributed by atoms with E-state index in [9.17, 15) is 9.90 Å². The molecule has 0 fully saturated rings. The largest absolute Gasteiger partial charge is 0.493 e. The highest BCUT2D eigenvalue weighted by atomic mass is 79.9. The van der Waals surface area contributed by atoms with Crippen LogP contribution in [-0.4, -0.2) is 28.7 Å². The van der Waals surface area contributed by atoms with E-state index >= 15 is 0 Å². The Labute approximate surface area is 166 Å². The molecular formula is C21H23BrN2O3. The van der Waals surface area contributed by atoms with Crippen LogP contribution >= 0.6 is 15.9 Å². The molecule has 2 aromatic carbocycles. The highest BCUT2D eigenvalue weighted by Crippen LogP contribution is 2.24. The lowest BCUT2D eigenvalue weighted by atomic mass is 10.0. The van der Waals surface area contributed by atoms with Gasteiger partial charge < -0.3 is 14.8 Å². The second kappa shape index (κ2) is 9.06. The Kier molecular flexibility index (Phi) is 6.53. The molecule has 0 radical (unpaired) electrons. The van der Waals surface area contributed by atoms with Crippen molar-refractivity contribution in [3.63, 3.8) is 0 Å². The zero-order valence-electron chi connectivity index (χ0n) is 15.2. The maximum Gasteiger partial charge on any atom is 0.321 e. The normalized spacial score (nSPS) is 12.2. The Balaban J connectivity index is 1.74. The summed E-state index contributed by atoms with van der Waals surface area (Å²) < 4.78 is 6.72. The molecule has 1 aromatic heterocycles. The molecule has 3 aromatic rings. The van der Waals surface area contributed by atoms with Gasteiger partial charge in [0.25, 0.3) is 0 Å². The number of hydrogen-bond acceptors (Lipinski definition) is 3. The van der Waals surface area contributed by atoms with Crippen molar-refractivity contribution in [1.82, 2.24) is 10.3 Å². The molecule has 3 N–H and O–H groups in total. The third-order valence-electron chi connectivity index (χ3n) is 4.42. The summed E-state index contributed by atoms with van der Waals surface area (Å²) in [5.74, 6) is -0.0879. The number of aromatic amines is 1. The van der Waals surface area contributed by atoms with E-state index in [2.05, 4.69) is 33.2 Å². The van der Waals surface area contributed by atoms with Gasteiger partial charge in [-0.3, -0.25) is 10.1 Å². The number of fused-ring (bicyclic) bond motifs is 1. The van der Waals surface area contributed by atoms with Crippen LogP contribution in [0, 0.1) is 0 Å². The van der Waals surface area contributed by atoms with Crippen molar-refractivity contribution in [2.24, 2.45) is 0 Å². The lowest BCUT2D eigenvalue weighted by molar-refractivity contribution is -0.139. The average Bonchev–Trinajstić information content (AvgIpc) is 3.07. The van der Waals surface area contributed by atoms with Crippen LogP contribution in [0.3, 0.4) is 0 Å². The molecule has 0 aliphatic rings. The maximum absolute atomic E-state index is 11.8. The zero-order valence-corrected chi connectivity index (χ0v) is 16.8. The molecule has 3 rings (SSSR count). The van der Waals surface area contributed by atoms with Gasteiger partial charge in [-0.1, -0.05) is 41.1 Å². The van der Waals surface area contributed by atoms with E-state index in [1.54, 1.807) is 0 Å². The van der Waals surface area contributed by atoms with E-state index in [0.717, 1.165) is 38.7 Å². The lowest BCUT2D eigenvalue weighted by Gasteiger charge is -2.17. The van der Waals surface area contributed by atoms with Crippen molar-refractivity contribution in [1.29, 1.82) is 0 Å². The molecular weight excluding hydrogens is 408 g/mol. The molecule has 27 heavy (non-hydrogen) atoms. The topological polar surface area (TPSA) is 74.3 Å². The number of benzene rings is 2. The molecule has 0 bridgehead atoms. The SMILES string of the molecule is CCCOc1ccc(Br)cc1CNC(Cc1c[nH]c2ccccc12)C(=O)O. The molecule has 142 valence electrons. The van der Waals surface area contributed by atoms with E-state index in [1.165, 1.54) is 0 Å². The second-order valence-electron chi connectivity index (χ2n) is 6.44. The number of nitrogens with one attached hydrogen (secondary N) is 2. The number of rotatable bonds is 9. The molecule has 5 nitrogen and oxygen atoms in total. The van der Waals surface area contributed by atoms with Gasteiger partial charge in [0.1, 0.15) is 11.8 Å². The molecule has 1 atom stereocenters. The van der Waals surface area contributed by atoms with Gasteiger partial charge in [-0.05, 0) is 36.2 Å². The van der Waals surface area contributed by atoms with Crippen molar-refractivity contribution in [2.45, 2.75) is 32.4 Å². The van der Waals surface area contributed by atoms with E-state index in [1.807, 2.05) is 48.7 Å². The van der Waals surface area contributed by atoms with Crippen LogP contribution in [0.2, 0.25) is 0 Å². The Bertz CT molecular complexity index is 923. The highest BCUT2D eigenvalue weighted by molar-refractivity contribution is 9.10. The first-order valence-electron chi connectivity index (χ1n) is 9.01. The number of ether oxygens (including phenoxy) is 1. The van der Waals surface area contributed by atoms with Gasteiger partial charge >= 0.3 is 5.97 Å².